The lowest BCUT2D eigenvalue weighted by Gasteiger charge is -2.23. The largest absolute Gasteiger partial charge is 0.381 e. The Morgan fingerprint density at radius 3 is 2.58 bits per heavy atom. The molecule has 1 saturated heterocycles. The smallest absolute Gasteiger partial charge is 0.0649 e. The molecule has 1 aliphatic carbocycles. The van der Waals surface area contributed by atoms with Crippen LogP contribution >= 0.6 is 0 Å². The topological polar surface area (TPSA) is 44.5 Å². The van der Waals surface area contributed by atoms with Gasteiger partial charge in [0.05, 0.1) is 12.7 Å². The second kappa shape index (κ2) is 3.32. The van der Waals surface area contributed by atoms with Crippen LogP contribution in [0.3, 0.4) is 0 Å². The van der Waals surface area contributed by atoms with E-state index in [-0.39, 0.29) is 5.54 Å². The Bertz CT molecular complexity index is 151. The molecule has 0 unspecified atom stereocenters. The molecule has 1 saturated carbocycles. The molecule has 2 N–H and O–H groups in total. The van der Waals surface area contributed by atoms with Gasteiger partial charge in [0.1, 0.15) is 0 Å². The summed E-state index contributed by atoms with van der Waals surface area (Å²) in [5.41, 5.74) is 5.95. The standard InChI is InChI=1S/C9H17NO2/c10-9(3-4-9)7-12-8-1-5-11-6-2-8/h8H,1-7,10H2. The number of hydrogen-bond donors (Lipinski definition) is 1. The Balaban J connectivity index is 1.65. The van der Waals surface area contributed by atoms with Gasteiger partial charge in [0.2, 0.25) is 0 Å². The third kappa shape index (κ3) is 2.19. The summed E-state index contributed by atoms with van der Waals surface area (Å²) in [5, 5.41) is 0. The molecule has 0 bridgehead atoms. The fourth-order valence-corrected chi connectivity index (χ4v) is 1.43. The van der Waals surface area contributed by atoms with E-state index in [2.05, 4.69) is 0 Å². The highest BCUT2D eigenvalue weighted by Gasteiger charge is 2.39. The third-order valence-corrected chi connectivity index (χ3v) is 2.67. The lowest BCUT2D eigenvalue weighted by molar-refractivity contribution is -0.0377. The summed E-state index contributed by atoms with van der Waals surface area (Å²) in [6.07, 6.45) is 4.75. The van der Waals surface area contributed by atoms with Crippen LogP contribution in [-0.2, 0) is 9.47 Å². The van der Waals surface area contributed by atoms with Gasteiger partial charge in [0.15, 0.2) is 0 Å². The van der Waals surface area contributed by atoms with E-state index in [4.69, 9.17) is 15.2 Å². The highest BCUT2D eigenvalue weighted by molar-refractivity contribution is 4.98. The lowest BCUT2D eigenvalue weighted by atomic mass is 10.1. The number of nitrogens with two attached hydrogens (primary N) is 1. The summed E-state index contributed by atoms with van der Waals surface area (Å²) in [5.74, 6) is 0. The van der Waals surface area contributed by atoms with Crippen LogP contribution in [0.2, 0.25) is 0 Å². The van der Waals surface area contributed by atoms with Gasteiger partial charge in [-0.2, -0.15) is 0 Å². The van der Waals surface area contributed by atoms with Crippen LogP contribution in [0.5, 0.6) is 0 Å². The molecule has 70 valence electrons. The maximum atomic E-state index is 5.91. The molecule has 1 aliphatic heterocycles. The van der Waals surface area contributed by atoms with E-state index in [1.165, 1.54) is 0 Å². The summed E-state index contributed by atoms with van der Waals surface area (Å²) in [6, 6.07) is 0. The molecule has 0 aromatic heterocycles. The highest BCUT2D eigenvalue weighted by Crippen LogP contribution is 2.32. The predicted molar refractivity (Wildman–Crippen MR) is 45.9 cm³/mol. The van der Waals surface area contributed by atoms with Crippen LogP contribution in [0.25, 0.3) is 0 Å². The number of hydrogen-bond acceptors (Lipinski definition) is 3. The van der Waals surface area contributed by atoms with Crippen molar-refractivity contribution in [1.82, 2.24) is 0 Å². The molecule has 2 fully saturated rings. The van der Waals surface area contributed by atoms with Gasteiger partial charge in [-0.25, -0.2) is 0 Å². The number of rotatable bonds is 3. The Morgan fingerprint density at radius 2 is 2.00 bits per heavy atom. The van der Waals surface area contributed by atoms with Crippen molar-refractivity contribution in [2.75, 3.05) is 19.8 Å². The van der Waals surface area contributed by atoms with Gasteiger partial charge in [-0.1, -0.05) is 0 Å². The fourth-order valence-electron chi connectivity index (χ4n) is 1.43. The van der Waals surface area contributed by atoms with E-state index in [0.29, 0.717) is 6.10 Å². The normalized spacial score (nSPS) is 28.8. The first-order valence-electron chi connectivity index (χ1n) is 4.77. The molecule has 3 nitrogen and oxygen atoms in total. The Hall–Kier alpha value is -0.120. The SMILES string of the molecule is NC1(COC2CCOCC2)CC1. The van der Waals surface area contributed by atoms with E-state index >= 15 is 0 Å². The summed E-state index contributed by atoms with van der Waals surface area (Å²) in [6.45, 7) is 2.45. The minimum atomic E-state index is 0.0400. The van der Waals surface area contributed by atoms with Gasteiger partial charge in [0.25, 0.3) is 0 Å². The fraction of sp³-hybridized carbons (Fsp3) is 1.00. The monoisotopic (exact) mass is 171 g/mol. The van der Waals surface area contributed by atoms with E-state index in [9.17, 15) is 0 Å². The molecule has 2 rings (SSSR count). The minimum absolute atomic E-state index is 0.0400. The van der Waals surface area contributed by atoms with Gasteiger partial charge in [-0.05, 0) is 25.7 Å². The van der Waals surface area contributed by atoms with Crippen LogP contribution in [0.4, 0.5) is 0 Å². The Kier molecular flexibility index (Phi) is 2.35. The molecule has 0 amide bonds. The maximum absolute atomic E-state index is 5.91. The second-order valence-electron chi connectivity index (χ2n) is 3.99. The van der Waals surface area contributed by atoms with Gasteiger partial charge in [-0.3, -0.25) is 0 Å². The molecule has 1 heterocycles. The maximum Gasteiger partial charge on any atom is 0.0649 e. The van der Waals surface area contributed by atoms with Crippen molar-refractivity contribution >= 4 is 0 Å². The average Bonchev–Trinajstić information content (AvgIpc) is 2.84. The van der Waals surface area contributed by atoms with Gasteiger partial charge in [0, 0.05) is 18.8 Å². The molecular weight excluding hydrogens is 154 g/mol. The summed E-state index contributed by atoms with van der Waals surface area (Å²) < 4.78 is 10.9. The van der Waals surface area contributed by atoms with Crippen LogP contribution in [-0.4, -0.2) is 31.5 Å². The van der Waals surface area contributed by atoms with E-state index in [0.717, 1.165) is 45.5 Å². The van der Waals surface area contributed by atoms with E-state index in [1.54, 1.807) is 0 Å². The zero-order valence-electron chi connectivity index (χ0n) is 7.42. The van der Waals surface area contributed by atoms with Gasteiger partial charge in [-0.15, -0.1) is 0 Å². The van der Waals surface area contributed by atoms with Crippen molar-refractivity contribution in [1.29, 1.82) is 0 Å². The molecule has 12 heavy (non-hydrogen) atoms. The van der Waals surface area contributed by atoms with Crippen LogP contribution < -0.4 is 5.73 Å². The lowest BCUT2D eigenvalue weighted by Crippen LogP contribution is -2.33. The zero-order chi connectivity index (χ0) is 8.44. The van der Waals surface area contributed by atoms with Crippen LogP contribution in [0.15, 0.2) is 0 Å². The molecule has 2 aliphatic rings. The highest BCUT2D eigenvalue weighted by atomic mass is 16.5. The first kappa shape index (κ1) is 8.48. The van der Waals surface area contributed by atoms with Crippen molar-refractivity contribution in [3.05, 3.63) is 0 Å². The third-order valence-electron chi connectivity index (χ3n) is 2.67. The van der Waals surface area contributed by atoms with Crippen LogP contribution in [0, 0.1) is 0 Å². The molecule has 0 aromatic carbocycles. The van der Waals surface area contributed by atoms with Crippen molar-refractivity contribution < 1.29 is 9.47 Å². The minimum Gasteiger partial charge on any atom is -0.381 e. The van der Waals surface area contributed by atoms with Gasteiger partial charge >= 0.3 is 0 Å². The first-order chi connectivity index (χ1) is 5.79. The predicted octanol–water partition coefficient (Wildman–Crippen LogP) is 0.673. The van der Waals surface area contributed by atoms with Gasteiger partial charge < -0.3 is 15.2 Å². The van der Waals surface area contributed by atoms with Crippen molar-refractivity contribution in [3.63, 3.8) is 0 Å². The van der Waals surface area contributed by atoms with Crippen molar-refractivity contribution in [3.8, 4) is 0 Å². The summed E-state index contributed by atoms with van der Waals surface area (Å²) in [4.78, 5) is 0. The quantitative estimate of drug-likeness (QED) is 0.679. The van der Waals surface area contributed by atoms with Crippen molar-refractivity contribution in [2.24, 2.45) is 5.73 Å². The van der Waals surface area contributed by atoms with E-state index < -0.39 is 0 Å². The molecular formula is C9H17NO2. The average molecular weight is 171 g/mol. The van der Waals surface area contributed by atoms with E-state index in [1.807, 2.05) is 0 Å². The molecule has 0 spiro atoms. The van der Waals surface area contributed by atoms with Crippen LogP contribution in [0.1, 0.15) is 25.7 Å². The molecule has 0 aromatic rings. The van der Waals surface area contributed by atoms with Crippen molar-refractivity contribution in [2.45, 2.75) is 37.3 Å². The number of ether oxygens (including phenoxy) is 2. The Labute approximate surface area is 73.2 Å². The zero-order valence-corrected chi connectivity index (χ0v) is 7.42. The second-order valence-corrected chi connectivity index (χ2v) is 3.99. The summed E-state index contributed by atoms with van der Waals surface area (Å²) >= 11 is 0. The Morgan fingerprint density at radius 1 is 1.33 bits per heavy atom. The molecule has 0 radical (unpaired) electrons. The molecule has 0 atom stereocenters. The first-order valence-corrected chi connectivity index (χ1v) is 4.77. The summed E-state index contributed by atoms with van der Waals surface area (Å²) in [7, 11) is 0. The molecule has 3 heteroatoms.